The molecule has 0 aromatic heterocycles. The Morgan fingerprint density at radius 1 is 1.12 bits per heavy atom. The Kier molecular flexibility index (Phi) is 3.80. The van der Waals surface area contributed by atoms with Crippen LogP contribution < -0.4 is 4.90 Å². The number of nitro groups is 1. The lowest BCUT2D eigenvalue weighted by Gasteiger charge is -2.15. The van der Waals surface area contributed by atoms with Gasteiger partial charge in [0.1, 0.15) is 11.6 Å². The minimum absolute atomic E-state index is 0.129. The standard InChI is InChI=1S/C17H10BrN3O5/c18-10-4-6-11(7-5-10)20-16(22)13-14(19-26-15(13)17(20)23)9-2-1-3-12(8-9)21(24)25/h1-8,13,15H/t13-,15-/m1/s1. The summed E-state index contributed by atoms with van der Waals surface area (Å²) >= 11 is 3.30. The van der Waals surface area contributed by atoms with E-state index in [0.29, 0.717) is 11.3 Å². The topological polar surface area (TPSA) is 102 Å². The summed E-state index contributed by atoms with van der Waals surface area (Å²) in [5.41, 5.74) is 0.900. The molecule has 2 aliphatic rings. The van der Waals surface area contributed by atoms with E-state index in [4.69, 9.17) is 4.84 Å². The fourth-order valence-electron chi connectivity index (χ4n) is 3.04. The number of anilines is 1. The van der Waals surface area contributed by atoms with Gasteiger partial charge in [0.2, 0.25) is 12.0 Å². The first kappa shape index (κ1) is 16.4. The zero-order valence-corrected chi connectivity index (χ0v) is 14.6. The highest BCUT2D eigenvalue weighted by atomic mass is 79.9. The zero-order valence-electron chi connectivity index (χ0n) is 13.0. The predicted octanol–water partition coefficient (Wildman–Crippen LogP) is 2.65. The molecule has 0 bridgehead atoms. The molecule has 0 radical (unpaired) electrons. The number of nitrogens with zero attached hydrogens (tertiary/aromatic N) is 3. The summed E-state index contributed by atoms with van der Waals surface area (Å²) in [6.07, 6.45) is -1.06. The van der Waals surface area contributed by atoms with Crippen molar-refractivity contribution in [1.82, 2.24) is 0 Å². The van der Waals surface area contributed by atoms with Gasteiger partial charge in [-0.1, -0.05) is 33.2 Å². The minimum atomic E-state index is -1.06. The molecule has 2 heterocycles. The highest BCUT2D eigenvalue weighted by Gasteiger charge is 2.56. The summed E-state index contributed by atoms with van der Waals surface area (Å²) in [6, 6.07) is 12.5. The maximum Gasteiger partial charge on any atom is 0.278 e. The second kappa shape index (κ2) is 6.03. The fraction of sp³-hybridized carbons (Fsp3) is 0.118. The number of rotatable bonds is 3. The lowest BCUT2D eigenvalue weighted by atomic mass is 9.94. The number of carbonyl (C=O) groups excluding carboxylic acids is 2. The zero-order chi connectivity index (χ0) is 18.4. The number of amides is 2. The molecule has 9 heteroatoms. The van der Waals surface area contributed by atoms with E-state index in [1.807, 2.05) is 0 Å². The Labute approximate surface area is 155 Å². The molecule has 2 atom stereocenters. The SMILES string of the molecule is O=C1[C@@H]2C(c3cccc([N+](=O)[O-])c3)=NO[C@H]2C(=O)N1c1ccc(Br)cc1. The van der Waals surface area contributed by atoms with E-state index < -0.39 is 28.8 Å². The summed E-state index contributed by atoms with van der Waals surface area (Å²) in [5.74, 6) is -1.90. The Bertz CT molecular complexity index is 973. The van der Waals surface area contributed by atoms with Gasteiger partial charge in [0.05, 0.1) is 10.6 Å². The van der Waals surface area contributed by atoms with Crippen molar-refractivity contribution >= 4 is 44.8 Å². The Morgan fingerprint density at radius 3 is 2.54 bits per heavy atom. The summed E-state index contributed by atoms with van der Waals surface area (Å²) in [5, 5.41) is 14.8. The van der Waals surface area contributed by atoms with Crippen LogP contribution in [0.1, 0.15) is 5.56 Å². The monoisotopic (exact) mass is 415 g/mol. The molecule has 2 aromatic rings. The quantitative estimate of drug-likeness (QED) is 0.435. The van der Waals surface area contributed by atoms with Crippen LogP contribution in [0.4, 0.5) is 11.4 Å². The second-order valence-corrected chi connectivity index (χ2v) is 6.69. The molecule has 0 N–H and O–H groups in total. The first-order valence-corrected chi connectivity index (χ1v) is 8.38. The maximum absolute atomic E-state index is 12.9. The van der Waals surface area contributed by atoms with Gasteiger partial charge in [-0.15, -0.1) is 0 Å². The van der Waals surface area contributed by atoms with Crippen LogP contribution in [0.15, 0.2) is 58.2 Å². The number of halogens is 1. The van der Waals surface area contributed by atoms with Gasteiger partial charge in [-0.05, 0) is 24.3 Å². The first-order valence-electron chi connectivity index (χ1n) is 7.59. The highest BCUT2D eigenvalue weighted by Crippen LogP contribution is 2.35. The lowest BCUT2D eigenvalue weighted by molar-refractivity contribution is -0.384. The van der Waals surface area contributed by atoms with Crippen molar-refractivity contribution in [1.29, 1.82) is 0 Å². The number of hydrogen-bond acceptors (Lipinski definition) is 6. The number of non-ortho nitro benzene ring substituents is 1. The van der Waals surface area contributed by atoms with Crippen molar-refractivity contribution in [2.75, 3.05) is 4.90 Å². The molecule has 2 aliphatic heterocycles. The predicted molar refractivity (Wildman–Crippen MR) is 94.6 cm³/mol. The van der Waals surface area contributed by atoms with E-state index in [2.05, 4.69) is 21.1 Å². The number of nitro benzene ring substituents is 1. The number of oxime groups is 1. The average Bonchev–Trinajstić information content (AvgIpc) is 3.17. The number of benzene rings is 2. The molecule has 2 amide bonds. The fourth-order valence-corrected chi connectivity index (χ4v) is 3.30. The number of hydrogen-bond donors (Lipinski definition) is 0. The average molecular weight is 416 g/mol. The number of carbonyl (C=O) groups is 2. The second-order valence-electron chi connectivity index (χ2n) is 5.78. The van der Waals surface area contributed by atoms with Crippen LogP contribution in [-0.2, 0) is 14.4 Å². The number of imide groups is 1. The summed E-state index contributed by atoms with van der Waals surface area (Å²) in [7, 11) is 0. The Morgan fingerprint density at radius 2 is 1.85 bits per heavy atom. The van der Waals surface area contributed by atoms with Crippen LogP contribution >= 0.6 is 15.9 Å². The van der Waals surface area contributed by atoms with Crippen molar-refractivity contribution in [3.05, 3.63) is 68.7 Å². The molecule has 130 valence electrons. The molecule has 0 saturated carbocycles. The van der Waals surface area contributed by atoms with Crippen molar-refractivity contribution in [3.8, 4) is 0 Å². The molecule has 0 spiro atoms. The smallest absolute Gasteiger partial charge is 0.278 e. The third-order valence-electron chi connectivity index (χ3n) is 4.25. The molecular weight excluding hydrogens is 406 g/mol. The van der Waals surface area contributed by atoms with E-state index in [1.165, 1.54) is 18.2 Å². The van der Waals surface area contributed by atoms with Crippen molar-refractivity contribution in [2.45, 2.75) is 6.10 Å². The van der Waals surface area contributed by atoms with Crippen molar-refractivity contribution in [2.24, 2.45) is 11.1 Å². The van der Waals surface area contributed by atoms with E-state index in [-0.39, 0.29) is 11.4 Å². The van der Waals surface area contributed by atoms with E-state index >= 15 is 0 Å². The van der Waals surface area contributed by atoms with Crippen molar-refractivity contribution in [3.63, 3.8) is 0 Å². The first-order chi connectivity index (χ1) is 12.5. The summed E-state index contributed by atoms with van der Waals surface area (Å²) in [6.45, 7) is 0. The van der Waals surface area contributed by atoms with Gasteiger partial charge in [0.15, 0.2) is 0 Å². The highest BCUT2D eigenvalue weighted by molar-refractivity contribution is 9.10. The minimum Gasteiger partial charge on any atom is -0.381 e. The van der Waals surface area contributed by atoms with Gasteiger partial charge in [0, 0.05) is 22.2 Å². The van der Waals surface area contributed by atoms with Crippen LogP contribution in [0.25, 0.3) is 0 Å². The molecular formula is C17H10BrN3O5. The molecule has 0 unspecified atom stereocenters. The van der Waals surface area contributed by atoms with Gasteiger partial charge >= 0.3 is 0 Å². The van der Waals surface area contributed by atoms with Gasteiger partial charge in [-0.3, -0.25) is 19.7 Å². The third-order valence-corrected chi connectivity index (χ3v) is 4.78. The molecule has 2 aromatic carbocycles. The largest absolute Gasteiger partial charge is 0.381 e. The van der Waals surface area contributed by atoms with E-state index in [1.54, 1.807) is 30.3 Å². The van der Waals surface area contributed by atoms with E-state index in [0.717, 1.165) is 9.37 Å². The van der Waals surface area contributed by atoms with Crippen LogP contribution in [-0.4, -0.2) is 28.6 Å². The molecule has 1 fully saturated rings. The summed E-state index contributed by atoms with van der Waals surface area (Å²) < 4.78 is 0.815. The Hall–Kier alpha value is -3.07. The third kappa shape index (κ3) is 2.48. The van der Waals surface area contributed by atoms with Crippen LogP contribution in [0.2, 0.25) is 0 Å². The van der Waals surface area contributed by atoms with Gasteiger partial charge < -0.3 is 4.84 Å². The van der Waals surface area contributed by atoms with Crippen LogP contribution in [0, 0.1) is 16.0 Å². The van der Waals surface area contributed by atoms with Gasteiger partial charge in [0.25, 0.3) is 11.6 Å². The van der Waals surface area contributed by atoms with Gasteiger partial charge in [-0.25, -0.2) is 4.90 Å². The Balaban J connectivity index is 1.70. The lowest BCUT2D eigenvalue weighted by Crippen LogP contribution is -2.33. The van der Waals surface area contributed by atoms with E-state index in [9.17, 15) is 19.7 Å². The van der Waals surface area contributed by atoms with Gasteiger partial charge in [-0.2, -0.15) is 0 Å². The molecule has 0 aliphatic carbocycles. The normalized spacial score (nSPS) is 21.4. The molecule has 8 nitrogen and oxygen atoms in total. The molecule has 4 rings (SSSR count). The van der Waals surface area contributed by atoms with Crippen molar-refractivity contribution < 1.29 is 19.3 Å². The maximum atomic E-state index is 12.9. The van der Waals surface area contributed by atoms with Crippen LogP contribution in [0.5, 0.6) is 0 Å². The molecule has 26 heavy (non-hydrogen) atoms. The molecule has 1 saturated heterocycles. The number of fused-ring (bicyclic) bond motifs is 1. The summed E-state index contributed by atoms with van der Waals surface area (Å²) in [4.78, 5) is 42.2. The van der Waals surface area contributed by atoms with Crippen LogP contribution in [0.3, 0.4) is 0 Å².